The zero-order valence-corrected chi connectivity index (χ0v) is 48.6. The molecule has 72 heavy (non-hydrogen) atoms. The van der Waals surface area contributed by atoms with E-state index in [0.717, 1.165) is 57.8 Å². The van der Waals surface area contributed by atoms with Gasteiger partial charge in [-0.05, 0) is 32.1 Å². The second-order valence-electron chi connectivity index (χ2n) is 22.7. The zero-order valence-electron chi connectivity index (χ0n) is 48.6. The molecule has 0 spiro atoms. The van der Waals surface area contributed by atoms with Gasteiger partial charge in [-0.2, -0.15) is 0 Å². The number of rotatable bonds is 59. The molecule has 0 aliphatic heterocycles. The lowest BCUT2D eigenvalue weighted by Gasteiger charge is -2.26. The fourth-order valence-electron chi connectivity index (χ4n) is 9.40. The summed E-state index contributed by atoms with van der Waals surface area (Å²) in [6.07, 6.45) is 61.8. The number of nitrogens with zero attached hydrogens (tertiary/aromatic N) is 1. The Morgan fingerprint density at radius 3 is 1.07 bits per heavy atom. The van der Waals surface area contributed by atoms with E-state index < -0.39 is 24.3 Å². The van der Waals surface area contributed by atoms with Gasteiger partial charge in [0.15, 0.2) is 12.4 Å². The van der Waals surface area contributed by atoms with Gasteiger partial charge in [-0.25, -0.2) is 0 Å². The van der Waals surface area contributed by atoms with Crippen LogP contribution in [0.15, 0.2) is 12.2 Å². The van der Waals surface area contributed by atoms with E-state index >= 15 is 0 Å². The van der Waals surface area contributed by atoms with Crippen molar-refractivity contribution in [2.75, 3.05) is 47.5 Å². The van der Waals surface area contributed by atoms with Crippen LogP contribution in [0.5, 0.6) is 0 Å². The minimum Gasteiger partial charge on any atom is -0.545 e. The van der Waals surface area contributed by atoms with E-state index in [9.17, 15) is 19.5 Å². The van der Waals surface area contributed by atoms with Crippen molar-refractivity contribution < 1.29 is 42.9 Å². The van der Waals surface area contributed by atoms with Gasteiger partial charge < -0.3 is 33.3 Å². The van der Waals surface area contributed by atoms with Crippen LogP contribution in [0.25, 0.3) is 0 Å². The molecular weight excluding hydrogens is 899 g/mol. The van der Waals surface area contributed by atoms with Gasteiger partial charge in [0.05, 0.1) is 40.3 Å². The molecule has 0 aliphatic rings. The average Bonchev–Trinajstić information content (AvgIpc) is 3.35. The molecule has 0 bridgehead atoms. The third kappa shape index (κ3) is 55.8. The molecule has 0 rings (SSSR count). The number of likely N-dealkylation sites (N-methyl/N-ethyl adjacent to an activating group) is 1. The maximum absolute atomic E-state index is 12.8. The van der Waals surface area contributed by atoms with E-state index in [1.807, 2.05) is 21.1 Å². The first-order valence-corrected chi connectivity index (χ1v) is 31.3. The highest BCUT2D eigenvalue weighted by Crippen LogP contribution is 2.18. The Labute approximate surface area is 446 Å². The van der Waals surface area contributed by atoms with E-state index in [-0.39, 0.29) is 32.2 Å². The minimum atomic E-state index is -1.62. The Kier molecular flexibility index (Phi) is 53.8. The fourth-order valence-corrected chi connectivity index (χ4v) is 9.40. The maximum atomic E-state index is 12.8. The highest BCUT2D eigenvalue weighted by Gasteiger charge is 2.22. The summed E-state index contributed by atoms with van der Waals surface area (Å²) in [5, 5.41) is 11.7. The number of aliphatic carboxylic acids is 1. The van der Waals surface area contributed by atoms with Gasteiger partial charge >= 0.3 is 11.9 Å². The predicted molar refractivity (Wildman–Crippen MR) is 302 cm³/mol. The van der Waals surface area contributed by atoms with Gasteiger partial charge in [-0.1, -0.05) is 283 Å². The zero-order chi connectivity index (χ0) is 52.7. The van der Waals surface area contributed by atoms with E-state index in [1.54, 1.807) is 0 Å². The minimum absolute atomic E-state index is 0.149. The molecule has 9 heteroatoms. The molecule has 0 saturated carbocycles. The lowest BCUT2D eigenvalue weighted by Crippen LogP contribution is -2.44. The highest BCUT2D eigenvalue weighted by molar-refractivity contribution is 5.70. The Hall–Kier alpha value is -1.97. The summed E-state index contributed by atoms with van der Waals surface area (Å²) < 4.78 is 22.6. The van der Waals surface area contributed by atoms with Gasteiger partial charge in [-0.15, -0.1) is 0 Å². The molecule has 0 heterocycles. The molecule has 0 aromatic heterocycles. The number of esters is 2. The molecule has 2 atom stereocenters. The predicted octanol–water partition coefficient (Wildman–Crippen LogP) is 17.2. The molecule has 0 fully saturated rings. The summed E-state index contributed by atoms with van der Waals surface area (Å²) in [5.41, 5.74) is 0. The Morgan fingerprint density at radius 2 is 0.722 bits per heavy atom. The van der Waals surface area contributed by atoms with Crippen LogP contribution in [-0.2, 0) is 33.3 Å². The molecule has 0 aromatic rings. The van der Waals surface area contributed by atoms with Gasteiger partial charge in [0.25, 0.3) is 0 Å². The third-order valence-corrected chi connectivity index (χ3v) is 14.3. The van der Waals surface area contributed by atoms with Crippen LogP contribution in [0.3, 0.4) is 0 Å². The molecule has 0 saturated heterocycles. The van der Waals surface area contributed by atoms with E-state index in [4.69, 9.17) is 18.9 Å². The van der Waals surface area contributed by atoms with Crippen molar-refractivity contribution in [1.29, 1.82) is 0 Å². The Balaban J connectivity index is 3.87. The maximum Gasteiger partial charge on any atom is 0.306 e. The number of hydrogen-bond donors (Lipinski definition) is 0. The quantitative estimate of drug-likeness (QED) is 0.0195. The molecule has 0 N–H and O–H groups in total. The second-order valence-corrected chi connectivity index (χ2v) is 22.7. The van der Waals surface area contributed by atoms with Crippen molar-refractivity contribution in [1.82, 2.24) is 0 Å². The van der Waals surface area contributed by atoms with Gasteiger partial charge in [0, 0.05) is 12.8 Å². The third-order valence-electron chi connectivity index (χ3n) is 14.3. The highest BCUT2D eigenvalue weighted by atomic mass is 16.7. The van der Waals surface area contributed by atoms with E-state index in [2.05, 4.69) is 26.0 Å². The number of allylic oxidation sites excluding steroid dienone is 2. The molecule has 2 unspecified atom stereocenters. The number of carbonyl (C=O) groups excluding carboxylic acids is 3. The van der Waals surface area contributed by atoms with Crippen LogP contribution >= 0.6 is 0 Å². The fraction of sp³-hybridized carbons (Fsp3) is 0.921. The van der Waals surface area contributed by atoms with Crippen molar-refractivity contribution in [3.8, 4) is 0 Å². The van der Waals surface area contributed by atoms with Gasteiger partial charge in [0.2, 0.25) is 0 Å². The summed E-state index contributed by atoms with van der Waals surface area (Å²) in [6, 6.07) is 0. The first kappa shape index (κ1) is 70.0. The number of ether oxygens (including phenoxy) is 4. The largest absolute Gasteiger partial charge is 0.545 e. The number of carboxylic acids is 1. The van der Waals surface area contributed by atoms with Crippen LogP contribution < -0.4 is 5.11 Å². The van der Waals surface area contributed by atoms with Crippen molar-refractivity contribution in [2.24, 2.45) is 0 Å². The SMILES string of the molecule is CCCC/C=C\CCCCCCCC(=O)OC(COC(=O)CCCCCCCCCCCCCCCCCCCCCCCCCCCCCCCCCCCCCC)COC(OCC[N+](C)(C)C)C(=O)[O-]. The smallest absolute Gasteiger partial charge is 0.306 e. The number of quaternary nitrogens is 1. The lowest BCUT2D eigenvalue weighted by atomic mass is 10.0. The summed E-state index contributed by atoms with van der Waals surface area (Å²) in [5.74, 6) is -2.28. The number of unbranched alkanes of at least 4 members (excludes halogenated alkanes) is 42. The average molecular weight is 1020 g/mol. The number of hydrogen-bond acceptors (Lipinski definition) is 8. The second kappa shape index (κ2) is 55.3. The molecule has 426 valence electrons. The number of carbonyl (C=O) groups is 3. The van der Waals surface area contributed by atoms with Crippen LogP contribution in [0.1, 0.15) is 316 Å². The molecule has 0 radical (unpaired) electrons. The topological polar surface area (TPSA) is 111 Å². The summed E-state index contributed by atoms with van der Waals surface area (Å²) >= 11 is 0. The van der Waals surface area contributed by atoms with Crippen LogP contribution in [-0.4, -0.2) is 82.3 Å². The van der Waals surface area contributed by atoms with Crippen molar-refractivity contribution in [2.45, 2.75) is 328 Å². The molecule has 9 nitrogen and oxygen atoms in total. The van der Waals surface area contributed by atoms with Crippen molar-refractivity contribution in [3.05, 3.63) is 12.2 Å². The van der Waals surface area contributed by atoms with E-state index in [1.165, 1.54) is 225 Å². The van der Waals surface area contributed by atoms with Crippen molar-refractivity contribution >= 4 is 17.9 Å². The first-order chi connectivity index (χ1) is 35.1. The first-order valence-electron chi connectivity index (χ1n) is 31.3. The van der Waals surface area contributed by atoms with Gasteiger partial charge in [0.1, 0.15) is 13.2 Å². The standard InChI is InChI=1S/C63H121NO8/c1-6-8-10-12-14-16-18-19-20-21-22-23-24-25-26-27-28-29-30-31-32-33-34-35-36-37-38-39-40-41-42-44-45-47-49-51-53-60(65)70-57-59(58-71-63(62(67)68)69-56-55-64(3,4)5)72-61(66)54-52-50-48-46-43-17-15-13-11-9-7-2/h13,15,59,63H,6-12,14,16-58H2,1-5H3/b15-13-. The normalized spacial score (nSPS) is 12.7. The van der Waals surface area contributed by atoms with Gasteiger partial charge in [-0.3, -0.25) is 9.59 Å². The van der Waals surface area contributed by atoms with Crippen molar-refractivity contribution in [3.63, 3.8) is 0 Å². The number of carboxylic acid groups (broad SMARTS) is 1. The molecule has 0 amide bonds. The monoisotopic (exact) mass is 1020 g/mol. The summed E-state index contributed by atoms with van der Waals surface area (Å²) in [7, 11) is 5.92. The molecular formula is C63H121NO8. The lowest BCUT2D eigenvalue weighted by molar-refractivity contribution is -0.870. The van der Waals surface area contributed by atoms with Crippen LogP contribution in [0.4, 0.5) is 0 Å². The summed E-state index contributed by atoms with van der Waals surface area (Å²) in [4.78, 5) is 37.1. The molecule has 0 aliphatic carbocycles. The van der Waals surface area contributed by atoms with Crippen LogP contribution in [0.2, 0.25) is 0 Å². The van der Waals surface area contributed by atoms with Crippen LogP contribution in [0, 0.1) is 0 Å². The molecule has 0 aromatic carbocycles. The Bertz CT molecular complexity index is 1190. The van der Waals surface area contributed by atoms with E-state index in [0.29, 0.717) is 23.9 Å². The summed E-state index contributed by atoms with van der Waals surface area (Å²) in [6.45, 7) is 4.74. The Morgan fingerprint density at radius 1 is 0.403 bits per heavy atom.